The molecule has 0 aromatic heterocycles. The number of carbonyl (C=O) groups is 1. The van der Waals surface area contributed by atoms with E-state index in [-0.39, 0.29) is 18.3 Å². The van der Waals surface area contributed by atoms with Crippen LogP contribution in [-0.2, 0) is 11.3 Å². The Morgan fingerprint density at radius 3 is 2.94 bits per heavy atom. The number of benzene rings is 1. The molecule has 1 amide bonds. The highest BCUT2D eigenvalue weighted by Crippen LogP contribution is 2.06. The van der Waals surface area contributed by atoms with Crippen molar-refractivity contribution in [1.82, 2.24) is 5.32 Å². The summed E-state index contributed by atoms with van der Waals surface area (Å²) in [5.74, 6) is 0.875. The number of thioether (sulfide) groups is 1. The summed E-state index contributed by atoms with van der Waals surface area (Å²) < 4.78 is 13.2. The van der Waals surface area contributed by atoms with Gasteiger partial charge in [-0.05, 0) is 13.0 Å². The lowest BCUT2D eigenvalue weighted by Gasteiger charge is -2.05. The van der Waals surface area contributed by atoms with Gasteiger partial charge in [0.15, 0.2) is 0 Å². The third-order valence-electron chi connectivity index (χ3n) is 2.12. The highest BCUT2D eigenvalue weighted by molar-refractivity contribution is 8.00. The second-order valence-corrected chi connectivity index (χ2v) is 4.48. The molecule has 0 saturated heterocycles. The van der Waals surface area contributed by atoms with Crippen molar-refractivity contribution >= 4 is 17.7 Å². The fourth-order valence-electron chi connectivity index (χ4n) is 1.20. The molecule has 1 aromatic rings. The number of amides is 1. The standard InChI is InChI=1S/C13H16FNOS/c1-2-3-8-17-10-13(16)15-9-11-6-4-5-7-12(11)14/h2-7H,8-10H2,1H3,(H,15,16)/b3-2+. The van der Waals surface area contributed by atoms with E-state index < -0.39 is 0 Å². The van der Waals surface area contributed by atoms with Crippen molar-refractivity contribution in [3.8, 4) is 0 Å². The molecule has 17 heavy (non-hydrogen) atoms. The van der Waals surface area contributed by atoms with Gasteiger partial charge in [0.2, 0.25) is 5.91 Å². The van der Waals surface area contributed by atoms with Gasteiger partial charge in [-0.25, -0.2) is 4.39 Å². The average molecular weight is 253 g/mol. The summed E-state index contributed by atoms with van der Waals surface area (Å²) >= 11 is 1.53. The van der Waals surface area contributed by atoms with Crippen LogP contribution in [0.3, 0.4) is 0 Å². The predicted octanol–water partition coefficient (Wildman–Crippen LogP) is 2.75. The molecule has 0 fully saturated rings. The number of rotatable bonds is 6. The van der Waals surface area contributed by atoms with E-state index in [0.29, 0.717) is 11.3 Å². The zero-order valence-corrected chi connectivity index (χ0v) is 10.6. The van der Waals surface area contributed by atoms with Crippen molar-refractivity contribution in [3.05, 3.63) is 47.8 Å². The molecule has 92 valence electrons. The van der Waals surface area contributed by atoms with Crippen LogP contribution in [0.1, 0.15) is 12.5 Å². The van der Waals surface area contributed by atoms with Gasteiger partial charge < -0.3 is 5.32 Å². The van der Waals surface area contributed by atoms with Gasteiger partial charge in [0, 0.05) is 17.9 Å². The van der Waals surface area contributed by atoms with E-state index >= 15 is 0 Å². The van der Waals surface area contributed by atoms with Crippen LogP contribution < -0.4 is 5.32 Å². The average Bonchev–Trinajstić information content (AvgIpc) is 2.34. The molecular formula is C13H16FNOS. The van der Waals surface area contributed by atoms with Gasteiger partial charge in [0.25, 0.3) is 0 Å². The lowest BCUT2D eigenvalue weighted by molar-refractivity contribution is -0.118. The smallest absolute Gasteiger partial charge is 0.230 e. The zero-order chi connectivity index (χ0) is 12.5. The van der Waals surface area contributed by atoms with Gasteiger partial charge in [-0.3, -0.25) is 4.79 Å². The summed E-state index contributed by atoms with van der Waals surface area (Å²) in [5, 5.41) is 2.69. The van der Waals surface area contributed by atoms with Crippen LogP contribution in [-0.4, -0.2) is 17.4 Å². The maximum absolute atomic E-state index is 13.2. The molecule has 0 unspecified atom stereocenters. The van der Waals surface area contributed by atoms with Gasteiger partial charge in [0.05, 0.1) is 5.75 Å². The van der Waals surface area contributed by atoms with Crippen LogP contribution in [0, 0.1) is 5.82 Å². The maximum Gasteiger partial charge on any atom is 0.230 e. The molecule has 0 atom stereocenters. The lowest BCUT2D eigenvalue weighted by Crippen LogP contribution is -2.25. The van der Waals surface area contributed by atoms with Crippen LogP contribution in [0.25, 0.3) is 0 Å². The summed E-state index contributed by atoms with van der Waals surface area (Å²) in [6.45, 7) is 2.19. The Morgan fingerprint density at radius 2 is 2.24 bits per heavy atom. The summed E-state index contributed by atoms with van der Waals surface area (Å²) in [6, 6.07) is 6.45. The zero-order valence-electron chi connectivity index (χ0n) is 9.78. The fraction of sp³-hybridized carbons (Fsp3) is 0.308. The molecule has 4 heteroatoms. The molecule has 0 bridgehead atoms. The van der Waals surface area contributed by atoms with Crippen LogP contribution in [0.4, 0.5) is 4.39 Å². The summed E-state index contributed by atoms with van der Waals surface area (Å²) in [5.41, 5.74) is 0.513. The highest BCUT2D eigenvalue weighted by Gasteiger charge is 2.03. The number of hydrogen-bond acceptors (Lipinski definition) is 2. The summed E-state index contributed by atoms with van der Waals surface area (Å²) in [6.07, 6.45) is 3.94. The van der Waals surface area contributed by atoms with Gasteiger partial charge in [-0.2, -0.15) is 0 Å². The van der Waals surface area contributed by atoms with E-state index in [0.717, 1.165) is 5.75 Å². The van der Waals surface area contributed by atoms with E-state index in [1.165, 1.54) is 17.8 Å². The molecule has 0 heterocycles. The van der Waals surface area contributed by atoms with Gasteiger partial charge in [-0.15, -0.1) is 11.8 Å². The molecule has 0 saturated carbocycles. The Bertz CT molecular complexity index is 393. The van der Waals surface area contributed by atoms with Crippen LogP contribution in [0.2, 0.25) is 0 Å². The minimum absolute atomic E-state index is 0.0669. The third-order valence-corrected chi connectivity index (χ3v) is 3.01. The molecule has 2 nitrogen and oxygen atoms in total. The minimum Gasteiger partial charge on any atom is -0.351 e. The van der Waals surface area contributed by atoms with Crippen LogP contribution >= 0.6 is 11.8 Å². The Labute approximate surface area is 105 Å². The quantitative estimate of drug-likeness (QED) is 0.624. The molecule has 0 aliphatic heterocycles. The first-order valence-corrected chi connectivity index (χ1v) is 6.58. The van der Waals surface area contributed by atoms with Gasteiger partial charge in [0.1, 0.15) is 5.82 Å². The second kappa shape index (κ2) is 7.90. The molecular weight excluding hydrogens is 237 g/mol. The molecule has 0 aliphatic rings. The van der Waals surface area contributed by atoms with Crippen LogP contribution in [0.5, 0.6) is 0 Å². The molecule has 0 spiro atoms. The first kappa shape index (κ1) is 13.8. The Hall–Kier alpha value is -1.29. The minimum atomic E-state index is -0.283. The Morgan fingerprint density at radius 1 is 1.47 bits per heavy atom. The first-order chi connectivity index (χ1) is 8.24. The van der Waals surface area contributed by atoms with E-state index in [9.17, 15) is 9.18 Å². The SMILES string of the molecule is C/C=C/CSCC(=O)NCc1ccccc1F. The number of halogens is 1. The van der Waals surface area contributed by atoms with E-state index in [2.05, 4.69) is 5.32 Å². The number of hydrogen-bond donors (Lipinski definition) is 1. The lowest BCUT2D eigenvalue weighted by atomic mass is 10.2. The topological polar surface area (TPSA) is 29.1 Å². The van der Waals surface area contributed by atoms with Crippen molar-refractivity contribution in [2.24, 2.45) is 0 Å². The number of allylic oxidation sites excluding steroid dienone is 1. The molecule has 1 N–H and O–H groups in total. The molecule has 1 rings (SSSR count). The molecule has 0 aliphatic carbocycles. The van der Waals surface area contributed by atoms with Crippen molar-refractivity contribution in [1.29, 1.82) is 0 Å². The van der Waals surface area contributed by atoms with Crippen molar-refractivity contribution in [3.63, 3.8) is 0 Å². The maximum atomic E-state index is 13.2. The van der Waals surface area contributed by atoms with E-state index in [1.54, 1.807) is 18.2 Å². The Balaban J connectivity index is 2.26. The normalized spacial score (nSPS) is 10.7. The van der Waals surface area contributed by atoms with Gasteiger partial charge in [-0.1, -0.05) is 30.4 Å². The number of nitrogens with one attached hydrogen (secondary N) is 1. The fourth-order valence-corrected chi connectivity index (χ4v) is 1.94. The van der Waals surface area contributed by atoms with E-state index in [4.69, 9.17) is 0 Å². The third kappa shape index (κ3) is 5.54. The van der Waals surface area contributed by atoms with Crippen molar-refractivity contribution in [2.75, 3.05) is 11.5 Å². The van der Waals surface area contributed by atoms with Crippen molar-refractivity contribution in [2.45, 2.75) is 13.5 Å². The molecule has 0 radical (unpaired) electrons. The molecule has 1 aromatic carbocycles. The Kier molecular flexibility index (Phi) is 6.40. The first-order valence-electron chi connectivity index (χ1n) is 5.43. The number of carbonyl (C=O) groups excluding carboxylic acids is 1. The van der Waals surface area contributed by atoms with Gasteiger partial charge >= 0.3 is 0 Å². The predicted molar refractivity (Wildman–Crippen MR) is 70.4 cm³/mol. The summed E-state index contributed by atoms with van der Waals surface area (Å²) in [7, 11) is 0. The highest BCUT2D eigenvalue weighted by atomic mass is 32.2. The largest absolute Gasteiger partial charge is 0.351 e. The summed E-state index contributed by atoms with van der Waals surface area (Å²) in [4.78, 5) is 11.4. The van der Waals surface area contributed by atoms with E-state index in [1.807, 2.05) is 19.1 Å². The monoisotopic (exact) mass is 253 g/mol. The van der Waals surface area contributed by atoms with Crippen molar-refractivity contribution < 1.29 is 9.18 Å². The van der Waals surface area contributed by atoms with Crippen LogP contribution in [0.15, 0.2) is 36.4 Å². The second-order valence-electron chi connectivity index (χ2n) is 3.45.